The standard InChI is InChI=1S/C21H30N4O5/c1-3-30-21(27)17-8-10-24(11-9-17)20(26)16(2)22-12-14-23(15-13-22)18-4-6-19(7-5-18)25(28)29/h4-7,16-17H,3,8-15H2,1-2H3/t16-/m0/s1. The molecule has 2 aliphatic rings. The van der Waals surface area contributed by atoms with Gasteiger partial charge in [-0.2, -0.15) is 0 Å². The second-order valence-corrected chi connectivity index (χ2v) is 7.82. The predicted molar refractivity (Wildman–Crippen MR) is 112 cm³/mol. The van der Waals surface area contributed by atoms with Crippen LogP contribution in [0, 0.1) is 16.0 Å². The van der Waals surface area contributed by atoms with Crippen molar-refractivity contribution in [2.24, 2.45) is 5.92 Å². The van der Waals surface area contributed by atoms with Crippen LogP contribution in [0.4, 0.5) is 11.4 Å². The number of carbonyl (C=O) groups is 2. The van der Waals surface area contributed by atoms with E-state index in [2.05, 4.69) is 9.80 Å². The number of carbonyl (C=O) groups excluding carboxylic acids is 2. The van der Waals surface area contributed by atoms with Gasteiger partial charge in [-0.3, -0.25) is 24.6 Å². The molecule has 1 aromatic carbocycles. The number of amides is 1. The van der Waals surface area contributed by atoms with E-state index in [0.29, 0.717) is 32.5 Å². The lowest BCUT2D eigenvalue weighted by Crippen LogP contribution is -2.55. The van der Waals surface area contributed by atoms with Crippen LogP contribution in [0.5, 0.6) is 0 Å². The van der Waals surface area contributed by atoms with E-state index >= 15 is 0 Å². The quantitative estimate of drug-likeness (QED) is 0.395. The van der Waals surface area contributed by atoms with Gasteiger partial charge in [-0.15, -0.1) is 0 Å². The molecular weight excluding hydrogens is 388 g/mol. The van der Waals surface area contributed by atoms with Gasteiger partial charge in [0.2, 0.25) is 5.91 Å². The van der Waals surface area contributed by atoms with Crippen LogP contribution in [-0.4, -0.2) is 78.5 Å². The summed E-state index contributed by atoms with van der Waals surface area (Å²) in [5.74, 6) is -0.143. The Morgan fingerprint density at radius 1 is 1.10 bits per heavy atom. The van der Waals surface area contributed by atoms with E-state index in [1.54, 1.807) is 19.1 Å². The molecule has 9 nitrogen and oxygen atoms in total. The molecule has 0 unspecified atom stereocenters. The summed E-state index contributed by atoms with van der Waals surface area (Å²) in [6.07, 6.45) is 1.32. The van der Waals surface area contributed by atoms with Crippen LogP contribution in [0.2, 0.25) is 0 Å². The van der Waals surface area contributed by atoms with Crippen LogP contribution in [0.1, 0.15) is 26.7 Å². The molecule has 2 fully saturated rings. The molecule has 0 radical (unpaired) electrons. The smallest absolute Gasteiger partial charge is 0.309 e. The Morgan fingerprint density at radius 3 is 2.23 bits per heavy atom. The number of hydrogen-bond donors (Lipinski definition) is 0. The highest BCUT2D eigenvalue weighted by molar-refractivity contribution is 5.82. The van der Waals surface area contributed by atoms with Crippen molar-refractivity contribution in [2.75, 3.05) is 50.8 Å². The molecule has 3 rings (SSSR count). The zero-order valence-electron chi connectivity index (χ0n) is 17.7. The summed E-state index contributed by atoms with van der Waals surface area (Å²) in [4.78, 5) is 41.5. The van der Waals surface area contributed by atoms with Crippen molar-refractivity contribution >= 4 is 23.3 Å². The maximum Gasteiger partial charge on any atom is 0.309 e. The number of nitro groups is 1. The molecule has 0 spiro atoms. The minimum absolute atomic E-state index is 0.0864. The molecule has 1 atom stereocenters. The van der Waals surface area contributed by atoms with Crippen molar-refractivity contribution in [3.8, 4) is 0 Å². The topological polar surface area (TPSA) is 96.2 Å². The van der Waals surface area contributed by atoms with Gasteiger partial charge in [-0.1, -0.05) is 0 Å². The van der Waals surface area contributed by atoms with Crippen molar-refractivity contribution in [3.05, 3.63) is 34.4 Å². The second kappa shape index (κ2) is 9.88. The first-order valence-corrected chi connectivity index (χ1v) is 10.6. The number of ether oxygens (including phenoxy) is 1. The number of piperazine rings is 1. The summed E-state index contributed by atoms with van der Waals surface area (Å²) in [5, 5.41) is 10.8. The molecule has 0 N–H and O–H groups in total. The number of benzene rings is 1. The fraction of sp³-hybridized carbons (Fsp3) is 0.619. The number of piperidine rings is 1. The number of nitro benzene ring substituents is 1. The first-order chi connectivity index (χ1) is 14.4. The van der Waals surface area contributed by atoms with Crippen molar-refractivity contribution in [2.45, 2.75) is 32.7 Å². The van der Waals surface area contributed by atoms with Crippen molar-refractivity contribution in [3.63, 3.8) is 0 Å². The zero-order chi connectivity index (χ0) is 21.7. The summed E-state index contributed by atoms with van der Waals surface area (Å²) >= 11 is 0. The van der Waals surface area contributed by atoms with Crippen LogP contribution >= 0.6 is 0 Å². The predicted octanol–water partition coefficient (Wildman–Crippen LogP) is 1.91. The highest BCUT2D eigenvalue weighted by atomic mass is 16.6. The summed E-state index contributed by atoms with van der Waals surface area (Å²) in [7, 11) is 0. The van der Waals surface area contributed by atoms with Gasteiger partial charge >= 0.3 is 5.97 Å². The average molecular weight is 418 g/mol. The molecule has 30 heavy (non-hydrogen) atoms. The summed E-state index contributed by atoms with van der Waals surface area (Å²) in [6.45, 7) is 8.36. The van der Waals surface area contributed by atoms with Crippen molar-refractivity contribution in [1.29, 1.82) is 0 Å². The van der Waals surface area contributed by atoms with Gasteiger partial charge in [0.25, 0.3) is 5.69 Å². The Hall–Kier alpha value is -2.68. The van der Waals surface area contributed by atoms with E-state index in [0.717, 1.165) is 31.9 Å². The van der Waals surface area contributed by atoms with Gasteiger partial charge in [0.15, 0.2) is 0 Å². The fourth-order valence-electron chi connectivity index (χ4n) is 4.17. The molecular formula is C21H30N4O5. The Balaban J connectivity index is 1.48. The number of hydrogen-bond acceptors (Lipinski definition) is 7. The van der Waals surface area contributed by atoms with Gasteiger partial charge < -0.3 is 14.5 Å². The molecule has 9 heteroatoms. The Labute approximate surface area is 176 Å². The van der Waals surface area contributed by atoms with Crippen LogP contribution in [0.15, 0.2) is 24.3 Å². The van der Waals surface area contributed by atoms with Crippen LogP contribution in [-0.2, 0) is 14.3 Å². The number of non-ortho nitro benzene ring substituents is 1. The number of anilines is 1. The maximum atomic E-state index is 12.9. The lowest BCUT2D eigenvalue weighted by atomic mass is 9.96. The number of nitrogens with zero attached hydrogens (tertiary/aromatic N) is 4. The summed E-state index contributed by atoms with van der Waals surface area (Å²) < 4.78 is 5.10. The minimum atomic E-state index is -0.398. The number of rotatable bonds is 6. The zero-order valence-corrected chi connectivity index (χ0v) is 17.7. The van der Waals surface area contributed by atoms with Crippen LogP contribution in [0.25, 0.3) is 0 Å². The summed E-state index contributed by atoms with van der Waals surface area (Å²) in [6, 6.07) is 6.39. The molecule has 0 bridgehead atoms. The Morgan fingerprint density at radius 2 is 1.70 bits per heavy atom. The van der Waals surface area contributed by atoms with E-state index in [1.165, 1.54) is 12.1 Å². The van der Waals surface area contributed by atoms with Crippen molar-refractivity contribution in [1.82, 2.24) is 9.80 Å². The lowest BCUT2D eigenvalue weighted by Gasteiger charge is -2.40. The first-order valence-electron chi connectivity index (χ1n) is 10.6. The third-order valence-corrected chi connectivity index (χ3v) is 6.07. The molecule has 164 valence electrons. The van der Waals surface area contributed by atoms with E-state index in [1.807, 2.05) is 11.8 Å². The van der Waals surface area contributed by atoms with Gasteiger partial charge in [0.1, 0.15) is 0 Å². The second-order valence-electron chi connectivity index (χ2n) is 7.82. The normalized spacial score (nSPS) is 19.4. The number of esters is 1. The van der Waals surface area contributed by atoms with E-state index in [9.17, 15) is 19.7 Å². The number of likely N-dealkylation sites (tertiary alicyclic amines) is 1. The Bertz CT molecular complexity index is 753. The van der Waals surface area contributed by atoms with Gasteiger partial charge in [-0.25, -0.2) is 0 Å². The average Bonchev–Trinajstić information content (AvgIpc) is 2.78. The van der Waals surface area contributed by atoms with E-state index < -0.39 is 4.92 Å². The third kappa shape index (κ3) is 5.08. The van der Waals surface area contributed by atoms with Gasteiger partial charge in [-0.05, 0) is 38.8 Å². The molecule has 2 aliphatic heterocycles. The highest BCUT2D eigenvalue weighted by Crippen LogP contribution is 2.23. The first kappa shape index (κ1) is 22.0. The molecule has 0 aliphatic carbocycles. The van der Waals surface area contributed by atoms with Gasteiger partial charge in [0, 0.05) is 57.1 Å². The van der Waals surface area contributed by atoms with Crippen molar-refractivity contribution < 1.29 is 19.2 Å². The van der Waals surface area contributed by atoms with E-state index in [-0.39, 0.29) is 29.5 Å². The monoisotopic (exact) mass is 418 g/mol. The molecule has 2 saturated heterocycles. The highest BCUT2D eigenvalue weighted by Gasteiger charge is 2.33. The fourth-order valence-corrected chi connectivity index (χ4v) is 4.17. The maximum absolute atomic E-state index is 12.9. The van der Waals surface area contributed by atoms with Crippen LogP contribution in [0.3, 0.4) is 0 Å². The molecule has 2 heterocycles. The Kier molecular flexibility index (Phi) is 7.25. The lowest BCUT2D eigenvalue weighted by molar-refractivity contribution is -0.384. The molecule has 0 aromatic heterocycles. The largest absolute Gasteiger partial charge is 0.466 e. The molecule has 1 amide bonds. The molecule has 1 aromatic rings. The van der Waals surface area contributed by atoms with E-state index in [4.69, 9.17) is 4.74 Å². The van der Waals surface area contributed by atoms with Gasteiger partial charge in [0.05, 0.1) is 23.5 Å². The molecule has 0 saturated carbocycles. The third-order valence-electron chi connectivity index (χ3n) is 6.07. The summed E-state index contributed by atoms with van der Waals surface area (Å²) in [5.41, 5.74) is 1.04. The van der Waals surface area contributed by atoms with Crippen LogP contribution < -0.4 is 4.90 Å². The SMILES string of the molecule is CCOC(=O)C1CCN(C(=O)[C@H](C)N2CCN(c3ccc([N+](=O)[O-])cc3)CC2)CC1. The minimum Gasteiger partial charge on any atom is -0.466 e.